The van der Waals surface area contributed by atoms with Gasteiger partial charge in [0.05, 0.1) is 28.3 Å². The van der Waals surface area contributed by atoms with Crippen LogP contribution in [0.4, 0.5) is 5.13 Å². The van der Waals surface area contributed by atoms with E-state index in [2.05, 4.69) is 15.6 Å². The molecule has 156 valence electrons. The summed E-state index contributed by atoms with van der Waals surface area (Å²) in [7, 11) is 1.56. The predicted octanol–water partition coefficient (Wildman–Crippen LogP) is 5.60. The summed E-state index contributed by atoms with van der Waals surface area (Å²) >= 11 is 13.0. The fourth-order valence-corrected chi connectivity index (χ4v) is 4.62. The highest BCUT2D eigenvalue weighted by atomic mass is 35.5. The van der Waals surface area contributed by atoms with E-state index in [-0.39, 0.29) is 11.0 Å². The third kappa shape index (κ3) is 4.85. The Kier molecular flexibility index (Phi) is 6.46. The van der Waals surface area contributed by atoms with Crippen LogP contribution in [0.15, 0.2) is 72.8 Å². The highest BCUT2D eigenvalue weighted by Gasteiger charge is 2.23. The number of amides is 1. The minimum absolute atomic E-state index is 0.180. The molecule has 5 nitrogen and oxygen atoms in total. The normalized spacial score (nSPS) is 10.8. The summed E-state index contributed by atoms with van der Waals surface area (Å²) in [6.07, 6.45) is 0. The molecule has 0 spiro atoms. The van der Waals surface area contributed by atoms with Crippen LogP contribution >= 0.6 is 35.2 Å². The summed E-state index contributed by atoms with van der Waals surface area (Å²) in [5.74, 6) is -0.130. The number of nitrogens with zero attached hydrogens (tertiary/aromatic N) is 1. The first kappa shape index (κ1) is 21.2. The third-order valence-electron chi connectivity index (χ3n) is 4.65. The average Bonchev–Trinajstić information content (AvgIpc) is 3.15. The van der Waals surface area contributed by atoms with Gasteiger partial charge in [0, 0.05) is 6.07 Å². The molecule has 1 heterocycles. The van der Waals surface area contributed by atoms with Crippen LogP contribution in [0.3, 0.4) is 0 Å². The number of anilines is 1. The fraction of sp³-hybridized carbons (Fsp3) is 0.0870. The van der Waals surface area contributed by atoms with Gasteiger partial charge in [-0.2, -0.15) is 0 Å². The van der Waals surface area contributed by atoms with Gasteiger partial charge in [-0.25, -0.2) is 4.98 Å². The van der Waals surface area contributed by atoms with E-state index in [0.29, 0.717) is 15.9 Å². The number of thiocarbonyl (C=S) groups is 1. The summed E-state index contributed by atoms with van der Waals surface area (Å²) in [5, 5.41) is 7.02. The van der Waals surface area contributed by atoms with E-state index in [0.717, 1.165) is 21.3 Å². The first-order valence-corrected chi connectivity index (χ1v) is 11.0. The molecule has 3 aromatic carbocycles. The molecular formula is C23H18ClN3O2S2. The number of benzene rings is 3. The molecule has 2 N–H and O–H groups in total. The van der Waals surface area contributed by atoms with Gasteiger partial charge in [-0.1, -0.05) is 83.6 Å². The standard InChI is InChI=1S/C23H18ClN3O2S2/c1-29-18-13-19-17(12-16(18)24)25-23(31-19)27-22(30)26-21(28)20(14-8-4-2-5-9-14)15-10-6-3-7-11-15/h2-13,20H,1H3,(H2,25,26,27,28,30). The van der Waals surface area contributed by atoms with Crippen molar-refractivity contribution >= 4 is 61.5 Å². The Labute approximate surface area is 194 Å². The van der Waals surface area contributed by atoms with Gasteiger partial charge in [-0.3, -0.25) is 4.79 Å². The van der Waals surface area contributed by atoms with E-state index in [1.54, 1.807) is 13.2 Å². The second-order valence-corrected chi connectivity index (χ2v) is 8.52. The number of methoxy groups -OCH3 is 1. The number of hydrogen-bond acceptors (Lipinski definition) is 5. The Morgan fingerprint density at radius 3 is 2.26 bits per heavy atom. The smallest absolute Gasteiger partial charge is 0.238 e. The van der Waals surface area contributed by atoms with Crippen LogP contribution in [0.1, 0.15) is 17.0 Å². The number of thiazole rings is 1. The summed E-state index contributed by atoms with van der Waals surface area (Å²) < 4.78 is 6.14. The maximum atomic E-state index is 13.2. The van der Waals surface area contributed by atoms with Crippen LogP contribution in [0, 0.1) is 0 Å². The molecule has 4 rings (SSSR count). The SMILES string of the molecule is COc1cc2sc(NC(=S)NC(=O)C(c3ccccc3)c3ccccc3)nc2cc1Cl. The van der Waals surface area contributed by atoms with Crippen molar-refractivity contribution in [3.05, 3.63) is 88.9 Å². The number of carbonyl (C=O) groups is 1. The Morgan fingerprint density at radius 2 is 1.68 bits per heavy atom. The van der Waals surface area contributed by atoms with Gasteiger partial charge in [-0.05, 0) is 29.4 Å². The van der Waals surface area contributed by atoms with Crippen LogP contribution in [-0.2, 0) is 4.79 Å². The molecule has 0 radical (unpaired) electrons. The van der Waals surface area contributed by atoms with Crippen LogP contribution in [0.2, 0.25) is 5.02 Å². The average molecular weight is 468 g/mol. The zero-order chi connectivity index (χ0) is 21.8. The number of halogens is 1. The Hall–Kier alpha value is -3.00. The summed E-state index contributed by atoms with van der Waals surface area (Å²) in [5.41, 5.74) is 2.49. The summed E-state index contributed by atoms with van der Waals surface area (Å²) in [6, 6.07) is 22.8. The number of nitrogens with one attached hydrogen (secondary N) is 2. The monoisotopic (exact) mass is 467 g/mol. The minimum atomic E-state index is -0.486. The number of fused-ring (bicyclic) bond motifs is 1. The molecule has 0 saturated heterocycles. The van der Waals surface area contributed by atoms with Gasteiger partial charge in [0.15, 0.2) is 10.2 Å². The first-order valence-electron chi connectivity index (χ1n) is 9.41. The molecular weight excluding hydrogens is 450 g/mol. The largest absolute Gasteiger partial charge is 0.495 e. The van der Waals surface area contributed by atoms with Crippen molar-refractivity contribution in [3.8, 4) is 5.75 Å². The number of carbonyl (C=O) groups excluding carboxylic acids is 1. The zero-order valence-electron chi connectivity index (χ0n) is 16.5. The molecule has 1 amide bonds. The van der Waals surface area contributed by atoms with Crippen molar-refractivity contribution in [1.29, 1.82) is 0 Å². The summed E-state index contributed by atoms with van der Waals surface area (Å²) in [6.45, 7) is 0. The first-order chi connectivity index (χ1) is 15.0. The number of rotatable bonds is 5. The molecule has 0 aliphatic rings. The zero-order valence-corrected chi connectivity index (χ0v) is 18.9. The van der Waals surface area contributed by atoms with Crippen molar-refractivity contribution in [2.24, 2.45) is 0 Å². The summed E-state index contributed by atoms with van der Waals surface area (Å²) in [4.78, 5) is 17.6. The molecule has 0 fully saturated rings. The molecule has 0 aliphatic heterocycles. The second-order valence-electron chi connectivity index (χ2n) is 6.67. The molecule has 1 aromatic heterocycles. The van der Waals surface area contributed by atoms with Crippen molar-refractivity contribution in [2.75, 3.05) is 12.4 Å². The minimum Gasteiger partial charge on any atom is -0.495 e. The highest BCUT2D eigenvalue weighted by molar-refractivity contribution is 7.80. The molecule has 0 unspecified atom stereocenters. The number of aromatic nitrogens is 1. The van der Waals surface area contributed by atoms with E-state index < -0.39 is 5.92 Å². The molecule has 0 saturated carbocycles. The molecule has 0 atom stereocenters. The lowest BCUT2D eigenvalue weighted by atomic mass is 9.90. The van der Waals surface area contributed by atoms with E-state index in [1.165, 1.54) is 11.3 Å². The molecule has 0 bridgehead atoms. The topological polar surface area (TPSA) is 63.2 Å². The van der Waals surface area contributed by atoms with Crippen molar-refractivity contribution < 1.29 is 9.53 Å². The maximum Gasteiger partial charge on any atom is 0.238 e. The molecule has 4 aromatic rings. The van der Waals surface area contributed by atoms with Gasteiger partial charge in [-0.15, -0.1) is 0 Å². The fourth-order valence-electron chi connectivity index (χ4n) is 3.24. The van der Waals surface area contributed by atoms with Gasteiger partial charge >= 0.3 is 0 Å². The molecule has 31 heavy (non-hydrogen) atoms. The van der Waals surface area contributed by atoms with Gasteiger partial charge in [0.1, 0.15) is 5.75 Å². The number of hydrogen-bond donors (Lipinski definition) is 2. The Balaban J connectivity index is 1.53. The highest BCUT2D eigenvalue weighted by Crippen LogP contribution is 2.34. The van der Waals surface area contributed by atoms with Crippen LogP contribution in [0.5, 0.6) is 5.75 Å². The van der Waals surface area contributed by atoms with Crippen LogP contribution in [0.25, 0.3) is 10.2 Å². The van der Waals surface area contributed by atoms with E-state index in [4.69, 9.17) is 28.6 Å². The van der Waals surface area contributed by atoms with Gasteiger partial charge in [0.25, 0.3) is 0 Å². The van der Waals surface area contributed by atoms with Crippen LogP contribution < -0.4 is 15.4 Å². The quantitative estimate of drug-likeness (QED) is 0.374. The Morgan fingerprint density at radius 1 is 1.06 bits per heavy atom. The second kappa shape index (κ2) is 9.43. The number of ether oxygens (including phenoxy) is 1. The van der Waals surface area contributed by atoms with E-state index in [9.17, 15) is 4.79 Å². The molecule has 0 aliphatic carbocycles. The predicted molar refractivity (Wildman–Crippen MR) is 130 cm³/mol. The van der Waals surface area contributed by atoms with Crippen molar-refractivity contribution in [2.45, 2.75) is 5.92 Å². The van der Waals surface area contributed by atoms with E-state index >= 15 is 0 Å². The lowest BCUT2D eigenvalue weighted by Gasteiger charge is -2.18. The lowest BCUT2D eigenvalue weighted by molar-refractivity contribution is -0.120. The van der Waals surface area contributed by atoms with Gasteiger partial charge in [0.2, 0.25) is 5.91 Å². The van der Waals surface area contributed by atoms with Crippen molar-refractivity contribution in [1.82, 2.24) is 10.3 Å². The molecule has 8 heteroatoms. The lowest BCUT2D eigenvalue weighted by Crippen LogP contribution is -2.37. The van der Waals surface area contributed by atoms with E-state index in [1.807, 2.05) is 66.7 Å². The van der Waals surface area contributed by atoms with Crippen molar-refractivity contribution in [3.63, 3.8) is 0 Å². The maximum absolute atomic E-state index is 13.2. The van der Waals surface area contributed by atoms with Gasteiger partial charge < -0.3 is 15.4 Å². The third-order valence-corrected chi connectivity index (χ3v) is 6.08. The Bertz CT molecular complexity index is 1190. The van der Waals surface area contributed by atoms with Crippen LogP contribution in [-0.4, -0.2) is 23.1 Å².